The van der Waals surface area contributed by atoms with Crippen molar-refractivity contribution in [1.29, 1.82) is 0 Å². The number of aliphatic hydroxyl groups is 1. The highest BCUT2D eigenvalue weighted by Gasteiger charge is 2.58. The lowest BCUT2D eigenvalue weighted by Crippen LogP contribution is -2.72. The third-order valence-corrected chi connectivity index (χ3v) is 7.96. The summed E-state index contributed by atoms with van der Waals surface area (Å²) in [5.74, 6) is -1.31. The van der Waals surface area contributed by atoms with Crippen molar-refractivity contribution in [3.8, 4) is 17.2 Å². The quantitative estimate of drug-likeness (QED) is 0.441. The lowest BCUT2D eigenvalue weighted by molar-refractivity contribution is -0.274. The minimum atomic E-state index is -4.80. The number of aliphatic hydroxyl groups excluding tert-OH is 1. The van der Waals surface area contributed by atoms with Gasteiger partial charge in [0.05, 0.1) is 6.61 Å². The summed E-state index contributed by atoms with van der Waals surface area (Å²) in [5.41, 5.74) is -1.55. The van der Waals surface area contributed by atoms with Gasteiger partial charge in [0.25, 0.3) is 11.8 Å². The number of nitrogens with one attached hydrogen (secondary N) is 2. The molecule has 3 fully saturated rings. The molecule has 3 heterocycles. The first-order valence-corrected chi connectivity index (χ1v) is 13.0. The topological polar surface area (TPSA) is 120 Å². The van der Waals surface area contributed by atoms with E-state index in [1.807, 2.05) is 0 Å². The van der Waals surface area contributed by atoms with Gasteiger partial charge in [-0.1, -0.05) is 12.1 Å². The summed E-state index contributed by atoms with van der Waals surface area (Å²) >= 11 is 0. The number of alkyl halides is 3. The second kappa shape index (κ2) is 10.7. The van der Waals surface area contributed by atoms with Crippen molar-refractivity contribution in [3.63, 3.8) is 0 Å². The van der Waals surface area contributed by atoms with E-state index in [-0.39, 0.29) is 23.6 Å². The molecule has 3 saturated heterocycles. The molecule has 0 bridgehead atoms. The first kappa shape index (κ1) is 27.9. The van der Waals surface area contributed by atoms with Crippen molar-refractivity contribution in [1.82, 2.24) is 20.4 Å². The number of β-amino-alcohol motifs (C(OH)–C–C–N with tert-alkyl or cyclic N) is 1. The van der Waals surface area contributed by atoms with E-state index in [4.69, 9.17) is 4.74 Å². The molecule has 5 rings (SSSR count). The summed E-state index contributed by atoms with van der Waals surface area (Å²) in [6, 6.07) is 10.2. The monoisotopic (exact) mass is 562 g/mol. The van der Waals surface area contributed by atoms with Crippen LogP contribution in [0.1, 0.15) is 31.2 Å². The van der Waals surface area contributed by atoms with Crippen molar-refractivity contribution < 1.29 is 42.1 Å². The Morgan fingerprint density at radius 3 is 1.93 bits per heavy atom. The van der Waals surface area contributed by atoms with Gasteiger partial charge in [0, 0.05) is 25.2 Å². The number of likely N-dealkylation sites (tertiary alicyclic amines) is 2. The molecule has 0 radical (unpaired) electrons. The number of urea groups is 1. The molecule has 3 aliphatic rings. The van der Waals surface area contributed by atoms with E-state index in [1.54, 1.807) is 29.2 Å². The fourth-order valence-corrected chi connectivity index (χ4v) is 6.15. The molecule has 214 valence electrons. The van der Waals surface area contributed by atoms with Crippen LogP contribution in [0.15, 0.2) is 48.5 Å². The number of nitrogens with zero attached hydrogens (tertiary/aromatic N) is 2. The van der Waals surface area contributed by atoms with E-state index in [1.165, 1.54) is 12.1 Å². The number of halogens is 3. The number of rotatable bonds is 7. The molecule has 1 spiro atoms. The van der Waals surface area contributed by atoms with Crippen LogP contribution in [-0.4, -0.2) is 77.4 Å². The van der Waals surface area contributed by atoms with Crippen LogP contribution >= 0.6 is 0 Å². The van der Waals surface area contributed by atoms with Crippen molar-refractivity contribution in [2.24, 2.45) is 0 Å². The molecule has 13 heteroatoms. The van der Waals surface area contributed by atoms with Gasteiger partial charge in [-0.15, -0.1) is 13.2 Å². The molecule has 0 aromatic heterocycles. The van der Waals surface area contributed by atoms with Gasteiger partial charge in [0.2, 0.25) is 5.54 Å². The van der Waals surface area contributed by atoms with Crippen LogP contribution in [-0.2, 0) is 15.1 Å². The van der Waals surface area contributed by atoms with Crippen LogP contribution < -0.4 is 20.1 Å². The molecule has 0 unspecified atom stereocenters. The summed E-state index contributed by atoms with van der Waals surface area (Å²) in [7, 11) is 0. The SMILES string of the molecule is O=C1NC(=O)C(c2ccc(Oc3ccc(OC(F)(F)F)cc3)cc2)(N2CCC3(CCCN3CCO)CC2)C(=O)N1. The van der Waals surface area contributed by atoms with Gasteiger partial charge in [-0.3, -0.25) is 30.0 Å². The van der Waals surface area contributed by atoms with Gasteiger partial charge in [0.15, 0.2) is 0 Å². The smallest absolute Gasteiger partial charge is 0.457 e. The first-order chi connectivity index (χ1) is 19.1. The highest BCUT2D eigenvalue weighted by molar-refractivity contribution is 6.22. The maximum Gasteiger partial charge on any atom is 0.573 e. The van der Waals surface area contributed by atoms with E-state index in [2.05, 4.69) is 20.3 Å². The third kappa shape index (κ3) is 5.23. The van der Waals surface area contributed by atoms with Crippen molar-refractivity contribution in [2.45, 2.75) is 43.1 Å². The van der Waals surface area contributed by atoms with Crippen LogP contribution in [0.5, 0.6) is 17.2 Å². The highest BCUT2D eigenvalue weighted by Crippen LogP contribution is 2.42. The number of carbonyl (C=O) groups excluding carboxylic acids is 3. The van der Waals surface area contributed by atoms with Crippen molar-refractivity contribution in [3.05, 3.63) is 54.1 Å². The van der Waals surface area contributed by atoms with Crippen LogP contribution in [0.4, 0.5) is 18.0 Å². The predicted molar refractivity (Wildman–Crippen MR) is 134 cm³/mol. The van der Waals surface area contributed by atoms with E-state index in [0.717, 1.165) is 31.5 Å². The van der Waals surface area contributed by atoms with Crippen molar-refractivity contribution >= 4 is 17.8 Å². The Morgan fingerprint density at radius 2 is 1.38 bits per heavy atom. The highest BCUT2D eigenvalue weighted by atomic mass is 19.4. The number of hydrogen-bond donors (Lipinski definition) is 3. The molecular formula is C27H29F3N4O6. The van der Waals surface area contributed by atoms with Gasteiger partial charge in [-0.25, -0.2) is 4.79 Å². The summed E-state index contributed by atoms with van der Waals surface area (Å²) in [6.07, 6.45) is -1.43. The number of barbiturate groups is 1. The Morgan fingerprint density at radius 1 is 0.825 bits per heavy atom. The predicted octanol–water partition coefficient (Wildman–Crippen LogP) is 2.86. The normalized spacial score (nSPS) is 21.2. The largest absolute Gasteiger partial charge is 0.573 e. The third-order valence-electron chi connectivity index (χ3n) is 7.96. The molecule has 40 heavy (non-hydrogen) atoms. The Bertz CT molecular complexity index is 1240. The van der Waals surface area contributed by atoms with E-state index < -0.39 is 29.7 Å². The van der Waals surface area contributed by atoms with Gasteiger partial charge in [-0.05, 0) is 74.2 Å². The fourth-order valence-electron chi connectivity index (χ4n) is 6.15. The van der Waals surface area contributed by atoms with Crippen LogP contribution in [0.2, 0.25) is 0 Å². The zero-order chi connectivity index (χ0) is 28.5. The second-order valence-corrected chi connectivity index (χ2v) is 10.1. The van der Waals surface area contributed by atoms with E-state index in [0.29, 0.717) is 43.8 Å². The fraction of sp³-hybridized carbons (Fsp3) is 0.444. The molecule has 0 atom stereocenters. The minimum Gasteiger partial charge on any atom is -0.457 e. The average Bonchev–Trinajstić information content (AvgIpc) is 3.27. The van der Waals surface area contributed by atoms with Gasteiger partial charge >= 0.3 is 12.4 Å². The maximum absolute atomic E-state index is 13.4. The van der Waals surface area contributed by atoms with E-state index >= 15 is 0 Å². The lowest BCUT2D eigenvalue weighted by atomic mass is 9.79. The van der Waals surface area contributed by atoms with Crippen LogP contribution in [0, 0.1) is 0 Å². The summed E-state index contributed by atoms with van der Waals surface area (Å²) in [5, 5.41) is 14.0. The second-order valence-electron chi connectivity index (χ2n) is 10.1. The molecule has 0 saturated carbocycles. The number of piperidine rings is 1. The molecule has 3 aliphatic heterocycles. The zero-order valence-electron chi connectivity index (χ0n) is 21.5. The van der Waals surface area contributed by atoms with Crippen LogP contribution in [0.3, 0.4) is 0 Å². The Balaban J connectivity index is 1.37. The molecule has 2 aromatic carbocycles. The number of amides is 4. The van der Waals surface area contributed by atoms with Gasteiger partial charge in [-0.2, -0.15) is 0 Å². The standard InChI is InChI=1S/C27H29F3N4O6/c28-27(29,30)40-21-8-6-20(7-9-21)39-19-4-2-18(3-5-19)26(22(36)31-24(38)32-23(26)37)34-14-11-25(12-15-34)10-1-13-33(25)16-17-35/h2-9,35H,1,10-17H2,(H2,31,32,36,37,38). The van der Waals surface area contributed by atoms with Gasteiger partial charge in [0.1, 0.15) is 17.2 Å². The first-order valence-electron chi connectivity index (χ1n) is 13.0. The van der Waals surface area contributed by atoms with Crippen molar-refractivity contribution in [2.75, 3.05) is 32.8 Å². The minimum absolute atomic E-state index is 0.0578. The van der Waals surface area contributed by atoms with E-state index in [9.17, 15) is 32.7 Å². The van der Waals surface area contributed by atoms with Crippen LogP contribution in [0.25, 0.3) is 0 Å². The number of carbonyl (C=O) groups is 3. The molecular weight excluding hydrogens is 533 g/mol. The maximum atomic E-state index is 13.4. The molecule has 2 aromatic rings. The Labute approximate surface area is 228 Å². The molecule has 10 nitrogen and oxygen atoms in total. The Hall–Kier alpha value is -3.68. The lowest BCUT2D eigenvalue weighted by Gasteiger charge is -2.50. The number of hydrogen-bond acceptors (Lipinski definition) is 8. The zero-order valence-corrected chi connectivity index (χ0v) is 21.5. The number of ether oxygens (including phenoxy) is 2. The number of benzene rings is 2. The average molecular weight is 563 g/mol. The molecule has 3 N–H and O–H groups in total. The number of imide groups is 2. The Kier molecular flexibility index (Phi) is 7.46. The molecule has 0 aliphatic carbocycles. The van der Waals surface area contributed by atoms with Gasteiger partial charge < -0.3 is 14.6 Å². The summed E-state index contributed by atoms with van der Waals surface area (Å²) in [6.45, 7) is 2.35. The molecule has 4 amide bonds. The summed E-state index contributed by atoms with van der Waals surface area (Å²) in [4.78, 5) is 42.9. The summed E-state index contributed by atoms with van der Waals surface area (Å²) < 4.78 is 46.8.